The van der Waals surface area contributed by atoms with Crippen LogP contribution >= 0.6 is 0 Å². The van der Waals surface area contributed by atoms with Gasteiger partial charge in [-0.05, 0) is 31.0 Å². The standard InChI is InChI=1S/C18H17NO5/c1-11-8-18(16(21)23-2,17(22)24-3)15(14(11)10-20)13-6-4-12(9-19)5-7-13/h4-7,10,15H,8H2,1-3H3/t15-/m1/s1. The smallest absolute Gasteiger partial charge is 0.324 e. The SMILES string of the molecule is COC(=O)C1(C(=O)OC)CC(C)=C(C=O)[C@H]1c1ccc(C#N)cc1. The molecule has 0 amide bonds. The van der Waals surface area contributed by atoms with E-state index in [-0.39, 0.29) is 6.42 Å². The Labute approximate surface area is 139 Å². The predicted octanol–water partition coefficient (Wildman–Crippen LogP) is 1.89. The average molecular weight is 327 g/mol. The summed E-state index contributed by atoms with van der Waals surface area (Å²) in [4.78, 5) is 36.7. The molecule has 1 aromatic carbocycles. The van der Waals surface area contributed by atoms with E-state index in [4.69, 9.17) is 14.7 Å². The summed E-state index contributed by atoms with van der Waals surface area (Å²) in [5.74, 6) is -2.32. The zero-order chi connectivity index (χ0) is 17.9. The molecule has 1 aromatic rings. The lowest BCUT2D eigenvalue weighted by Gasteiger charge is -2.31. The molecule has 0 fully saturated rings. The van der Waals surface area contributed by atoms with Gasteiger partial charge in [0, 0.05) is 11.5 Å². The molecule has 0 heterocycles. The van der Waals surface area contributed by atoms with Crippen LogP contribution in [0.15, 0.2) is 35.4 Å². The number of methoxy groups -OCH3 is 2. The Bertz CT molecular complexity index is 739. The molecule has 0 N–H and O–H groups in total. The number of nitriles is 1. The van der Waals surface area contributed by atoms with E-state index in [1.54, 1.807) is 31.2 Å². The minimum Gasteiger partial charge on any atom is -0.468 e. The Kier molecular flexibility index (Phi) is 4.84. The molecule has 1 aliphatic rings. The van der Waals surface area contributed by atoms with Gasteiger partial charge in [0.05, 0.1) is 25.9 Å². The van der Waals surface area contributed by atoms with E-state index < -0.39 is 23.3 Å². The second kappa shape index (κ2) is 6.67. The third kappa shape index (κ3) is 2.48. The Hall–Kier alpha value is -2.94. The fourth-order valence-electron chi connectivity index (χ4n) is 3.34. The molecule has 0 radical (unpaired) electrons. The quantitative estimate of drug-likeness (QED) is 0.476. The number of esters is 2. The molecule has 1 atom stereocenters. The summed E-state index contributed by atoms with van der Waals surface area (Å²) in [5.41, 5.74) is 0.360. The van der Waals surface area contributed by atoms with Crippen LogP contribution in [0, 0.1) is 16.7 Å². The largest absolute Gasteiger partial charge is 0.468 e. The maximum absolute atomic E-state index is 12.5. The molecule has 0 bridgehead atoms. The highest BCUT2D eigenvalue weighted by Crippen LogP contribution is 2.53. The maximum atomic E-state index is 12.5. The highest BCUT2D eigenvalue weighted by Gasteiger charge is 2.60. The molecule has 24 heavy (non-hydrogen) atoms. The van der Waals surface area contributed by atoms with E-state index in [0.717, 1.165) is 0 Å². The zero-order valence-electron chi connectivity index (χ0n) is 13.7. The van der Waals surface area contributed by atoms with Gasteiger partial charge < -0.3 is 9.47 Å². The van der Waals surface area contributed by atoms with Crippen LogP contribution in [0.4, 0.5) is 0 Å². The minimum absolute atomic E-state index is 0.0467. The number of nitrogens with zero attached hydrogens (tertiary/aromatic N) is 1. The number of carbonyl (C=O) groups is 3. The summed E-state index contributed by atoms with van der Waals surface area (Å²) < 4.78 is 9.73. The van der Waals surface area contributed by atoms with Crippen molar-refractivity contribution in [2.24, 2.45) is 5.41 Å². The van der Waals surface area contributed by atoms with Gasteiger partial charge in [-0.25, -0.2) is 0 Å². The van der Waals surface area contributed by atoms with Gasteiger partial charge in [0.15, 0.2) is 5.41 Å². The first-order chi connectivity index (χ1) is 11.5. The Balaban J connectivity index is 2.70. The molecule has 2 rings (SSSR count). The molecule has 124 valence electrons. The van der Waals surface area contributed by atoms with Crippen LogP contribution < -0.4 is 0 Å². The van der Waals surface area contributed by atoms with Gasteiger partial charge in [-0.2, -0.15) is 5.26 Å². The predicted molar refractivity (Wildman–Crippen MR) is 83.7 cm³/mol. The van der Waals surface area contributed by atoms with Crippen LogP contribution in [0.2, 0.25) is 0 Å². The van der Waals surface area contributed by atoms with Crippen LogP contribution in [-0.4, -0.2) is 32.4 Å². The van der Waals surface area contributed by atoms with Gasteiger partial charge in [-0.1, -0.05) is 17.7 Å². The second-order valence-electron chi connectivity index (χ2n) is 5.65. The lowest BCUT2D eigenvalue weighted by atomic mass is 9.71. The van der Waals surface area contributed by atoms with E-state index in [2.05, 4.69) is 0 Å². The number of allylic oxidation sites excluding steroid dienone is 2. The van der Waals surface area contributed by atoms with Crippen molar-refractivity contribution in [1.82, 2.24) is 0 Å². The maximum Gasteiger partial charge on any atom is 0.324 e. The van der Waals surface area contributed by atoms with Gasteiger partial charge in [0.25, 0.3) is 0 Å². The first kappa shape index (κ1) is 17.4. The molecule has 0 saturated heterocycles. The summed E-state index contributed by atoms with van der Waals surface area (Å²) in [6, 6.07) is 8.41. The molecule has 1 aliphatic carbocycles. The van der Waals surface area contributed by atoms with Crippen molar-refractivity contribution in [3.8, 4) is 6.07 Å². The van der Waals surface area contributed by atoms with Crippen molar-refractivity contribution >= 4 is 18.2 Å². The monoisotopic (exact) mass is 327 g/mol. The first-order valence-electron chi connectivity index (χ1n) is 7.28. The van der Waals surface area contributed by atoms with Crippen molar-refractivity contribution in [2.75, 3.05) is 14.2 Å². The molecular formula is C18H17NO5. The average Bonchev–Trinajstić information content (AvgIpc) is 2.93. The van der Waals surface area contributed by atoms with Crippen LogP contribution in [-0.2, 0) is 23.9 Å². The van der Waals surface area contributed by atoms with E-state index in [1.807, 2.05) is 6.07 Å². The van der Waals surface area contributed by atoms with Crippen molar-refractivity contribution in [1.29, 1.82) is 5.26 Å². The fraction of sp³-hybridized carbons (Fsp3) is 0.333. The Morgan fingerprint density at radius 3 is 2.17 bits per heavy atom. The minimum atomic E-state index is -1.64. The third-order valence-electron chi connectivity index (χ3n) is 4.44. The van der Waals surface area contributed by atoms with E-state index in [0.29, 0.717) is 28.6 Å². The lowest BCUT2D eigenvalue weighted by Crippen LogP contribution is -2.44. The number of hydrogen-bond donors (Lipinski definition) is 0. The van der Waals surface area contributed by atoms with E-state index >= 15 is 0 Å². The van der Waals surface area contributed by atoms with Gasteiger partial charge in [0.2, 0.25) is 0 Å². The highest BCUT2D eigenvalue weighted by atomic mass is 16.5. The lowest BCUT2D eigenvalue weighted by molar-refractivity contribution is -0.169. The fourth-order valence-corrected chi connectivity index (χ4v) is 3.34. The molecular weight excluding hydrogens is 310 g/mol. The second-order valence-corrected chi connectivity index (χ2v) is 5.65. The number of hydrogen-bond acceptors (Lipinski definition) is 6. The Morgan fingerprint density at radius 2 is 1.75 bits per heavy atom. The number of rotatable bonds is 4. The van der Waals surface area contributed by atoms with Gasteiger partial charge in [-0.3, -0.25) is 14.4 Å². The highest BCUT2D eigenvalue weighted by molar-refractivity contribution is 6.05. The third-order valence-corrected chi connectivity index (χ3v) is 4.44. The van der Waals surface area contributed by atoms with Crippen molar-refractivity contribution in [3.05, 3.63) is 46.5 Å². The van der Waals surface area contributed by atoms with E-state index in [1.165, 1.54) is 14.2 Å². The molecule has 0 aromatic heterocycles. The molecule has 6 heteroatoms. The number of aldehydes is 1. The zero-order valence-corrected chi connectivity index (χ0v) is 13.7. The van der Waals surface area contributed by atoms with Crippen LogP contribution in [0.25, 0.3) is 0 Å². The van der Waals surface area contributed by atoms with Crippen LogP contribution in [0.1, 0.15) is 30.4 Å². The van der Waals surface area contributed by atoms with Crippen LogP contribution in [0.5, 0.6) is 0 Å². The molecule has 6 nitrogen and oxygen atoms in total. The number of carbonyl (C=O) groups excluding carboxylic acids is 3. The molecule has 0 saturated carbocycles. The molecule has 0 spiro atoms. The van der Waals surface area contributed by atoms with E-state index in [9.17, 15) is 14.4 Å². The van der Waals surface area contributed by atoms with Crippen LogP contribution in [0.3, 0.4) is 0 Å². The number of benzene rings is 1. The topological polar surface area (TPSA) is 93.5 Å². The van der Waals surface area contributed by atoms with Crippen molar-refractivity contribution < 1.29 is 23.9 Å². The summed E-state index contributed by atoms with van der Waals surface area (Å²) in [5, 5.41) is 8.93. The van der Waals surface area contributed by atoms with Gasteiger partial charge >= 0.3 is 11.9 Å². The van der Waals surface area contributed by atoms with Gasteiger partial charge in [0.1, 0.15) is 6.29 Å². The normalized spacial score (nSPS) is 18.7. The Morgan fingerprint density at radius 1 is 1.21 bits per heavy atom. The first-order valence-corrected chi connectivity index (χ1v) is 7.28. The van der Waals surface area contributed by atoms with Gasteiger partial charge in [-0.15, -0.1) is 0 Å². The number of ether oxygens (including phenoxy) is 2. The summed E-state index contributed by atoms with van der Waals surface area (Å²) in [7, 11) is 2.38. The summed E-state index contributed by atoms with van der Waals surface area (Å²) >= 11 is 0. The summed E-state index contributed by atoms with van der Waals surface area (Å²) in [6.07, 6.45) is 0.705. The molecule has 0 aliphatic heterocycles. The molecule has 0 unspecified atom stereocenters. The summed E-state index contributed by atoms with van der Waals surface area (Å²) in [6.45, 7) is 1.70. The van der Waals surface area contributed by atoms with Crippen molar-refractivity contribution in [2.45, 2.75) is 19.3 Å². The van der Waals surface area contributed by atoms with Crippen molar-refractivity contribution in [3.63, 3.8) is 0 Å².